The first-order valence-corrected chi connectivity index (χ1v) is 10.9. The van der Waals surface area contributed by atoms with Crippen molar-refractivity contribution in [2.24, 2.45) is 0 Å². The number of aromatic amines is 1. The van der Waals surface area contributed by atoms with Gasteiger partial charge in [0.25, 0.3) is 17.4 Å². The monoisotopic (exact) mass is 423 g/mol. The van der Waals surface area contributed by atoms with Gasteiger partial charge in [0.2, 0.25) is 0 Å². The van der Waals surface area contributed by atoms with Gasteiger partial charge in [-0.2, -0.15) is 10.1 Å². The Balaban J connectivity index is 1.51. The van der Waals surface area contributed by atoms with E-state index in [0.717, 1.165) is 38.5 Å². The summed E-state index contributed by atoms with van der Waals surface area (Å²) in [5, 5.41) is 14.9. The number of fused-ring (bicyclic) bond motifs is 1. The molecule has 31 heavy (non-hydrogen) atoms. The van der Waals surface area contributed by atoms with Crippen LogP contribution in [-0.4, -0.2) is 32.9 Å². The number of hydrogen-bond acceptors (Lipinski definition) is 7. The van der Waals surface area contributed by atoms with Gasteiger partial charge in [-0.3, -0.25) is 9.59 Å². The van der Waals surface area contributed by atoms with E-state index in [0.29, 0.717) is 41.9 Å². The molecule has 1 saturated heterocycles. The lowest BCUT2D eigenvalue weighted by Crippen LogP contribution is -2.47. The lowest BCUT2D eigenvalue weighted by molar-refractivity contribution is 0.0833. The van der Waals surface area contributed by atoms with Crippen LogP contribution in [0.4, 0.5) is 0 Å². The second-order valence-corrected chi connectivity index (χ2v) is 8.36. The molecular weight excluding hydrogens is 398 g/mol. The van der Waals surface area contributed by atoms with E-state index in [1.807, 2.05) is 0 Å². The highest BCUT2D eigenvalue weighted by Crippen LogP contribution is 2.36. The molecule has 1 aliphatic carbocycles. The van der Waals surface area contributed by atoms with E-state index in [-0.39, 0.29) is 23.3 Å². The highest BCUT2D eigenvalue weighted by molar-refractivity contribution is 6.05. The molecule has 1 amide bonds. The first-order chi connectivity index (χ1) is 15.2. The number of carbonyl (C=O) groups excluding carboxylic acids is 1. The van der Waals surface area contributed by atoms with Crippen molar-refractivity contribution < 1.29 is 14.1 Å². The minimum Gasteiger partial charge on any atom is -0.368 e. The molecule has 1 atom stereocenters. The normalized spacial score (nSPS) is 21.1. The number of carbonyl (C=O) groups is 1. The van der Waals surface area contributed by atoms with E-state index in [1.165, 1.54) is 0 Å². The van der Waals surface area contributed by atoms with E-state index >= 15 is 0 Å². The van der Waals surface area contributed by atoms with Crippen molar-refractivity contribution in [3.8, 4) is 0 Å². The lowest BCUT2D eigenvalue weighted by atomic mass is 9.88. The Morgan fingerprint density at radius 3 is 2.61 bits per heavy atom. The molecule has 9 nitrogen and oxygen atoms in total. The Kier molecular flexibility index (Phi) is 5.27. The quantitative estimate of drug-likeness (QED) is 0.618. The molecular formula is C22H25N5O4. The standard InChI is InChI=1S/C22H25N5O4/c28-18-15-9-4-3-8-14(15)17(25-26-18)19(29)24-22(11-5-1-2-6-12-22)21-23-20(31-27-21)16-10-7-13-30-16/h3-4,8-9,16H,1-2,5-7,10-13H2,(H,24,29)(H,26,28). The van der Waals surface area contributed by atoms with Crippen LogP contribution in [0, 0.1) is 0 Å². The predicted octanol–water partition coefficient (Wildman–Crippen LogP) is 3.14. The Labute approximate surface area is 178 Å². The van der Waals surface area contributed by atoms with E-state index < -0.39 is 5.54 Å². The van der Waals surface area contributed by atoms with Crippen molar-refractivity contribution in [1.82, 2.24) is 25.7 Å². The lowest BCUT2D eigenvalue weighted by Gasteiger charge is -2.30. The maximum atomic E-state index is 13.4. The van der Waals surface area contributed by atoms with Crippen molar-refractivity contribution in [3.63, 3.8) is 0 Å². The fraction of sp³-hybridized carbons (Fsp3) is 0.500. The summed E-state index contributed by atoms with van der Waals surface area (Å²) in [6, 6.07) is 6.96. The van der Waals surface area contributed by atoms with Gasteiger partial charge in [0, 0.05) is 12.0 Å². The third kappa shape index (κ3) is 3.74. The molecule has 3 heterocycles. The minimum atomic E-state index is -0.743. The van der Waals surface area contributed by atoms with Gasteiger partial charge in [-0.05, 0) is 31.7 Å². The van der Waals surface area contributed by atoms with Crippen LogP contribution >= 0.6 is 0 Å². The van der Waals surface area contributed by atoms with Crippen LogP contribution in [0.5, 0.6) is 0 Å². The number of nitrogens with zero attached hydrogens (tertiary/aromatic N) is 3. The van der Waals surface area contributed by atoms with Crippen molar-refractivity contribution in [3.05, 3.63) is 52.0 Å². The number of ether oxygens (including phenoxy) is 1. The number of nitrogens with one attached hydrogen (secondary N) is 2. The first-order valence-electron chi connectivity index (χ1n) is 10.9. The van der Waals surface area contributed by atoms with Crippen LogP contribution in [-0.2, 0) is 10.3 Å². The fourth-order valence-corrected chi connectivity index (χ4v) is 4.63. The zero-order valence-corrected chi connectivity index (χ0v) is 17.2. The average molecular weight is 423 g/mol. The molecule has 162 valence electrons. The number of H-pyrrole nitrogens is 1. The summed E-state index contributed by atoms with van der Waals surface area (Å²) in [6.07, 6.45) is 7.15. The Hall–Kier alpha value is -3.07. The number of hydrogen-bond donors (Lipinski definition) is 2. The second-order valence-electron chi connectivity index (χ2n) is 8.36. The van der Waals surface area contributed by atoms with Crippen molar-refractivity contribution in [2.75, 3.05) is 6.61 Å². The summed E-state index contributed by atoms with van der Waals surface area (Å²) in [4.78, 5) is 30.2. The summed E-state index contributed by atoms with van der Waals surface area (Å²) in [5.41, 5.74) is -0.885. The predicted molar refractivity (Wildman–Crippen MR) is 111 cm³/mol. The van der Waals surface area contributed by atoms with E-state index in [4.69, 9.17) is 9.26 Å². The SMILES string of the molecule is O=C(NC1(c2noc(C3CCCO3)n2)CCCCCC1)c1n[nH]c(=O)c2ccccc12. The fourth-order valence-electron chi connectivity index (χ4n) is 4.63. The highest BCUT2D eigenvalue weighted by Gasteiger charge is 2.40. The molecule has 0 spiro atoms. The number of amides is 1. The largest absolute Gasteiger partial charge is 0.368 e. The van der Waals surface area contributed by atoms with Crippen molar-refractivity contribution >= 4 is 16.7 Å². The number of benzene rings is 1. The molecule has 2 N–H and O–H groups in total. The van der Waals surface area contributed by atoms with Gasteiger partial charge in [0.1, 0.15) is 11.6 Å². The van der Waals surface area contributed by atoms with E-state index in [2.05, 4.69) is 25.7 Å². The van der Waals surface area contributed by atoms with Crippen LogP contribution in [0.3, 0.4) is 0 Å². The molecule has 9 heteroatoms. The Morgan fingerprint density at radius 1 is 1.10 bits per heavy atom. The molecule has 1 saturated carbocycles. The molecule has 2 fully saturated rings. The third-order valence-corrected chi connectivity index (χ3v) is 6.30. The van der Waals surface area contributed by atoms with Crippen LogP contribution < -0.4 is 10.9 Å². The molecule has 3 aromatic rings. The topological polar surface area (TPSA) is 123 Å². The molecule has 2 aromatic heterocycles. The summed E-state index contributed by atoms with van der Waals surface area (Å²) >= 11 is 0. The molecule has 5 rings (SSSR count). The van der Waals surface area contributed by atoms with Gasteiger partial charge >= 0.3 is 0 Å². The molecule has 0 radical (unpaired) electrons. The molecule has 2 aliphatic rings. The maximum absolute atomic E-state index is 13.4. The maximum Gasteiger partial charge on any atom is 0.273 e. The van der Waals surface area contributed by atoms with Crippen LogP contribution in [0.25, 0.3) is 10.8 Å². The van der Waals surface area contributed by atoms with Gasteiger partial charge in [0.15, 0.2) is 11.5 Å². The van der Waals surface area contributed by atoms with Gasteiger partial charge in [0.05, 0.1) is 5.39 Å². The average Bonchev–Trinajstić information content (AvgIpc) is 3.44. The Morgan fingerprint density at radius 2 is 1.87 bits per heavy atom. The summed E-state index contributed by atoms with van der Waals surface area (Å²) in [5.74, 6) is 0.595. The molecule has 1 aromatic carbocycles. The van der Waals surface area contributed by atoms with Gasteiger partial charge in [-0.1, -0.05) is 49.0 Å². The zero-order chi connectivity index (χ0) is 21.3. The smallest absolute Gasteiger partial charge is 0.273 e. The number of rotatable bonds is 4. The van der Waals surface area contributed by atoms with Crippen LogP contribution in [0.1, 0.15) is 79.7 Å². The highest BCUT2D eigenvalue weighted by atomic mass is 16.5. The van der Waals surface area contributed by atoms with E-state index in [9.17, 15) is 9.59 Å². The van der Waals surface area contributed by atoms with Crippen molar-refractivity contribution in [1.29, 1.82) is 0 Å². The minimum absolute atomic E-state index is 0.176. The summed E-state index contributed by atoms with van der Waals surface area (Å²) < 4.78 is 11.2. The van der Waals surface area contributed by atoms with Gasteiger partial charge < -0.3 is 14.6 Å². The summed E-state index contributed by atoms with van der Waals surface area (Å²) in [7, 11) is 0. The first kappa shape index (κ1) is 19.9. The van der Waals surface area contributed by atoms with Crippen molar-refractivity contribution in [2.45, 2.75) is 63.0 Å². The van der Waals surface area contributed by atoms with Gasteiger partial charge in [-0.15, -0.1) is 0 Å². The summed E-state index contributed by atoms with van der Waals surface area (Å²) in [6.45, 7) is 0.690. The van der Waals surface area contributed by atoms with Gasteiger partial charge in [-0.25, -0.2) is 5.10 Å². The molecule has 0 bridgehead atoms. The number of aromatic nitrogens is 4. The zero-order valence-electron chi connectivity index (χ0n) is 17.2. The van der Waals surface area contributed by atoms with E-state index in [1.54, 1.807) is 24.3 Å². The molecule has 1 unspecified atom stereocenters. The Bertz CT molecular complexity index is 1140. The third-order valence-electron chi connectivity index (χ3n) is 6.30. The second kappa shape index (κ2) is 8.22. The van der Waals surface area contributed by atoms with Crippen LogP contribution in [0.15, 0.2) is 33.6 Å². The van der Waals surface area contributed by atoms with Crippen LogP contribution in [0.2, 0.25) is 0 Å². The molecule has 1 aliphatic heterocycles.